The fourth-order valence-corrected chi connectivity index (χ4v) is 3.03. The molecule has 0 bridgehead atoms. The molecule has 0 aliphatic carbocycles. The van der Waals surface area contributed by atoms with Gasteiger partial charge < -0.3 is 5.73 Å². The van der Waals surface area contributed by atoms with Crippen LogP contribution in [0.3, 0.4) is 0 Å². The van der Waals surface area contributed by atoms with Crippen molar-refractivity contribution in [2.75, 3.05) is 5.75 Å². The Balaban J connectivity index is 2.53. The lowest BCUT2D eigenvalue weighted by molar-refractivity contribution is 0.485. The first-order valence-electron chi connectivity index (χ1n) is 4.90. The fourth-order valence-electron chi connectivity index (χ4n) is 1.87. The van der Waals surface area contributed by atoms with E-state index in [-0.39, 0.29) is 12.0 Å². The van der Waals surface area contributed by atoms with Crippen LogP contribution in [0.2, 0.25) is 0 Å². The maximum absolute atomic E-state index is 13.6. The summed E-state index contributed by atoms with van der Waals surface area (Å²) in [4.78, 5) is 0. The third-order valence-electron chi connectivity index (χ3n) is 2.76. The number of halogens is 2. The zero-order valence-electron chi connectivity index (χ0n) is 8.47. The Morgan fingerprint density at radius 3 is 2.87 bits per heavy atom. The molecule has 0 saturated carbocycles. The van der Waals surface area contributed by atoms with Crippen LogP contribution in [-0.2, 0) is 5.75 Å². The lowest BCUT2D eigenvalue weighted by Gasteiger charge is -2.18. The second-order valence-electron chi connectivity index (χ2n) is 3.98. The topological polar surface area (TPSA) is 26.0 Å². The van der Waals surface area contributed by atoms with Crippen molar-refractivity contribution in [3.63, 3.8) is 0 Å². The van der Waals surface area contributed by atoms with E-state index in [2.05, 4.69) is 0 Å². The van der Waals surface area contributed by atoms with E-state index < -0.39 is 11.6 Å². The van der Waals surface area contributed by atoms with Crippen molar-refractivity contribution in [3.05, 3.63) is 34.9 Å². The Kier molecular flexibility index (Phi) is 2.98. The lowest BCUT2D eigenvalue weighted by Crippen LogP contribution is -2.21. The first-order chi connectivity index (χ1) is 7.09. The molecule has 1 aliphatic rings. The number of thioether (sulfide) groups is 1. The van der Waals surface area contributed by atoms with E-state index in [1.807, 2.05) is 6.92 Å². The molecule has 1 nitrogen and oxygen atoms in total. The summed E-state index contributed by atoms with van der Waals surface area (Å²) in [5.74, 6) is 0.718. The van der Waals surface area contributed by atoms with Crippen LogP contribution in [0.5, 0.6) is 0 Å². The van der Waals surface area contributed by atoms with Gasteiger partial charge in [-0.1, -0.05) is 6.92 Å². The lowest BCUT2D eigenvalue weighted by atomic mass is 9.93. The van der Waals surface area contributed by atoms with Gasteiger partial charge in [-0.3, -0.25) is 0 Å². The highest BCUT2D eigenvalue weighted by Gasteiger charge is 2.25. The van der Waals surface area contributed by atoms with Crippen molar-refractivity contribution < 1.29 is 8.78 Å². The van der Waals surface area contributed by atoms with Gasteiger partial charge in [-0.05, 0) is 23.3 Å². The molecule has 2 atom stereocenters. The van der Waals surface area contributed by atoms with Crippen molar-refractivity contribution in [1.29, 1.82) is 0 Å². The van der Waals surface area contributed by atoms with Crippen molar-refractivity contribution >= 4 is 11.8 Å². The molecule has 1 aromatic rings. The minimum atomic E-state index is -0.520. The van der Waals surface area contributed by atoms with Crippen LogP contribution < -0.4 is 5.73 Å². The first kappa shape index (κ1) is 10.9. The SMILES string of the molecule is CC1CSCc2cc(F)cc(F)c2C1N. The second-order valence-corrected chi connectivity index (χ2v) is 5.01. The molecule has 2 unspecified atom stereocenters. The molecule has 2 rings (SSSR count). The van der Waals surface area contributed by atoms with Crippen LogP contribution in [0.15, 0.2) is 12.1 Å². The summed E-state index contributed by atoms with van der Waals surface area (Å²) >= 11 is 1.67. The van der Waals surface area contributed by atoms with Gasteiger partial charge in [0.05, 0.1) is 0 Å². The zero-order valence-corrected chi connectivity index (χ0v) is 9.28. The number of hydrogen-bond acceptors (Lipinski definition) is 2. The standard InChI is InChI=1S/C11H13F2NS/c1-6-4-15-5-7-2-8(12)3-9(13)10(7)11(6)14/h2-3,6,11H,4-5,14H2,1H3. The van der Waals surface area contributed by atoms with Crippen molar-refractivity contribution in [2.45, 2.75) is 18.7 Å². The molecule has 15 heavy (non-hydrogen) atoms. The highest BCUT2D eigenvalue weighted by Crippen LogP contribution is 2.34. The molecule has 2 N–H and O–H groups in total. The van der Waals surface area contributed by atoms with Gasteiger partial charge in [0.15, 0.2) is 0 Å². The number of benzene rings is 1. The number of rotatable bonds is 0. The average molecular weight is 229 g/mol. The molecular weight excluding hydrogens is 216 g/mol. The Labute approximate surface area is 92.0 Å². The molecule has 0 radical (unpaired) electrons. The minimum absolute atomic E-state index is 0.219. The van der Waals surface area contributed by atoms with Crippen LogP contribution in [0.1, 0.15) is 24.1 Å². The van der Waals surface area contributed by atoms with Gasteiger partial charge in [0, 0.05) is 23.4 Å². The summed E-state index contributed by atoms with van der Waals surface area (Å²) in [5, 5.41) is 0. The maximum atomic E-state index is 13.6. The van der Waals surface area contributed by atoms with Gasteiger partial charge in [-0.25, -0.2) is 8.78 Å². The maximum Gasteiger partial charge on any atom is 0.131 e. The molecule has 0 amide bonds. The summed E-state index contributed by atoms with van der Waals surface area (Å²) in [6.45, 7) is 2.00. The molecule has 1 aromatic carbocycles. The predicted octanol–water partition coefficient (Wildman–Crippen LogP) is 2.85. The average Bonchev–Trinajstić information content (AvgIpc) is 2.27. The largest absolute Gasteiger partial charge is 0.324 e. The van der Waals surface area contributed by atoms with Crippen LogP contribution >= 0.6 is 11.8 Å². The smallest absolute Gasteiger partial charge is 0.131 e. The molecule has 0 fully saturated rings. The summed E-state index contributed by atoms with van der Waals surface area (Å²) < 4.78 is 26.6. The summed E-state index contributed by atoms with van der Waals surface area (Å²) in [6, 6.07) is 1.99. The molecule has 0 aromatic heterocycles. The van der Waals surface area contributed by atoms with E-state index in [9.17, 15) is 8.78 Å². The Hall–Kier alpha value is -0.610. The van der Waals surface area contributed by atoms with Gasteiger partial charge in [0.25, 0.3) is 0 Å². The van der Waals surface area contributed by atoms with E-state index in [1.54, 1.807) is 11.8 Å². The number of fused-ring (bicyclic) bond motifs is 1. The molecule has 82 valence electrons. The molecular formula is C11H13F2NS. The Morgan fingerprint density at radius 1 is 1.40 bits per heavy atom. The van der Waals surface area contributed by atoms with E-state index in [0.717, 1.165) is 11.8 Å². The summed E-state index contributed by atoms with van der Waals surface area (Å²) in [7, 11) is 0. The van der Waals surface area contributed by atoms with E-state index in [4.69, 9.17) is 5.73 Å². The van der Waals surface area contributed by atoms with E-state index in [0.29, 0.717) is 16.9 Å². The second kappa shape index (κ2) is 4.10. The van der Waals surface area contributed by atoms with Crippen LogP contribution in [0, 0.1) is 17.6 Å². The molecule has 0 saturated heterocycles. The van der Waals surface area contributed by atoms with Gasteiger partial charge >= 0.3 is 0 Å². The van der Waals surface area contributed by atoms with Crippen LogP contribution in [0.25, 0.3) is 0 Å². The molecule has 1 aliphatic heterocycles. The Bertz CT molecular complexity index is 381. The zero-order chi connectivity index (χ0) is 11.0. The minimum Gasteiger partial charge on any atom is -0.324 e. The third kappa shape index (κ3) is 2.01. The Morgan fingerprint density at radius 2 is 2.13 bits per heavy atom. The van der Waals surface area contributed by atoms with E-state index >= 15 is 0 Å². The quantitative estimate of drug-likeness (QED) is 0.740. The predicted molar refractivity (Wildman–Crippen MR) is 58.6 cm³/mol. The summed E-state index contributed by atoms with van der Waals surface area (Å²) in [6.07, 6.45) is 0. The normalized spacial score (nSPS) is 25.9. The van der Waals surface area contributed by atoms with Gasteiger partial charge in [-0.2, -0.15) is 11.8 Å². The fraction of sp³-hybridized carbons (Fsp3) is 0.455. The van der Waals surface area contributed by atoms with E-state index in [1.165, 1.54) is 6.07 Å². The molecule has 1 heterocycles. The van der Waals surface area contributed by atoms with Crippen LogP contribution in [0.4, 0.5) is 8.78 Å². The van der Waals surface area contributed by atoms with Gasteiger partial charge in [0.1, 0.15) is 11.6 Å². The molecule has 0 spiro atoms. The number of hydrogen-bond donors (Lipinski definition) is 1. The summed E-state index contributed by atoms with van der Waals surface area (Å²) in [5.41, 5.74) is 7.16. The monoisotopic (exact) mass is 229 g/mol. The highest BCUT2D eigenvalue weighted by atomic mass is 32.2. The van der Waals surface area contributed by atoms with Crippen molar-refractivity contribution in [3.8, 4) is 0 Å². The van der Waals surface area contributed by atoms with Gasteiger partial charge in [0.2, 0.25) is 0 Å². The van der Waals surface area contributed by atoms with Crippen molar-refractivity contribution in [2.24, 2.45) is 11.7 Å². The number of nitrogens with two attached hydrogens (primary N) is 1. The van der Waals surface area contributed by atoms with Crippen LogP contribution in [-0.4, -0.2) is 5.75 Å². The molecule has 4 heteroatoms. The van der Waals surface area contributed by atoms with Gasteiger partial charge in [-0.15, -0.1) is 0 Å². The first-order valence-corrected chi connectivity index (χ1v) is 6.06. The van der Waals surface area contributed by atoms with Crippen molar-refractivity contribution in [1.82, 2.24) is 0 Å². The highest BCUT2D eigenvalue weighted by molar-refractivity contribution is 7.98. The third-order valence-corrected chi connectivity index (χ3v) is 4.04.